The molecule has 2 N–H and O–H groups in total. The topological polar surface area (TPSA) is 106 Å². The van der Waals surface area contributed by atoms with E-state index >= 15 is 0 Å². The molecule has 0 aliphatic heterocycles. The average Bonchev–Trinajstić information content (AvgIpc) is 2.97. The van der Waals surface area contributed by atoms with E-state index in [1.54, 1.807) is 19.1 Å². The summed E-state index contributed by atoms with van der Waals surface area (Å²) in [4.78, 5) is 22.6. The second kappa shape index (κ2) is 6.62. The zero-order valence-electron chi connectivity index (χ0n) is 12.9. The van der Waals surface area contributed by atoms with Gasteiger partial charge in [0.25, 0.3) is 11.6 Å². The number of carbonyl (C=O) groups excluding carboxylic acids is 1. The molecule has 0 saturated carbocycles. The maximum Gasteiger partial charge on any atom is 0.273 e. The van der Waals surface area contributed by atoms with Gasteiger partial charge in [-0.25, -0.2) is 0 Å². The van der Waals surface area contributed by atoms with Gasteiger partial charge in [0.1, 0.15) is 5.76 Å². The summed E-state index contributed by atoms with van der Waals surface area (Å²) in [6, 6.07) is 7.77. The Morgan fingerprint density at radius 3 is 2.74 bits per heavy atom. The van der Waals surface area contributed by atoms with Crippen LogP contribution in [-0.4, -0.2) is 28.1 Å². The van der Waals surface area contributed by atoms with Crippen LogP contribution < -0.4 is 5.32 Å². The number of amides is 1. The van der Waals surface area contributed by atoms with Crippen molar-refractivity contribution in [1.29, 1.82) is 0 Å². The summed E-state index contributed by atoms with van der Waals surface area (Å²) in [6.45, 7) is 3.10. The number of rotatable bonds is 6. The molecule has 1 aromatic carbocycles. The van der Waals surface area contributed by atoms with Crippen LogP contribution in [0.4, 0.5) is 5.69 Å². The van der Waals surface area contributed by atoms with E-state index in [0.717, 1.165) is 0 Å². The third kappa shape index (κ3) is 4.17. The van der Waals surface area contributed by atoms with Crippen molar-refractivity contribution in [2.45, 2.75) is 25.9 Å². The summed E-state index contributed by atoms with van der Waals surface area (Å²) in [7, 11) is 0. The number of aliphatic hydroxyl groups is 1. The van der Waals surface area contributed by atoms with Gasteiger partial charge < -0.3 is 14.8 Å². The maximum atomic E-state index is 12.2. The first-order valence-electron chi connectivity index (χ1n) is 7.07. The molecule has 0 fully saturated rings. The van der Waals surface area contributed by atoms with Crippen LogP contribution in [0.25, 0.3) is 0 Å². The molecule has 2 aromatic rings. The smallest absolute Gasteiger partial charge is 0.273 e. The fourth-order valence-electron chi connectivity index (χ4n) is 2.28. The lowest BCUT2D eigenvalue weighted by Crippen LogP contribution is -2.42. The van der Waals surface area contributed by atoms with Crippen molar-refractivity contribution in [3.8, 4) is 0 Å². The molecule has 0 saturated heterocycles. The van der Waals surface area contributed by atoms with Gasteiger partial charge in [0, 0.05) is 30.2 Å². The molecule has 0 aliphatic carbocycles. The highest BCUT2D eigenvalue weighted by Crippen LogP contribution is 2.21. The quantitative estimate of drug-likeness (QED) is 0.627. The van der Waals surface area contributed by atoms with E-state index in [2.05, 4.69) is 5.32 Å². The standard InChI is InChI=1S/C16H18N2O5/c1-11-13(6-3-7-14(11)18(21)22)15(19)17-10-16(2,20)9-12-5-4-8-23-12/h3-8,20H,9-10H2,1-2H3,(H,17,19). The van der Waals surface area contributed by atoms with Crippen molar-refractivity contribution in [2.75, 3.05) is 6.54 Å². The third-order valence-electron chi connectivity index (χ3n) is 3.51. The predicted molar refractivity (Wildman–Crippen MR) is 83.2 cm³/mol. The molecule has 7 heteroatoms. The number of nitro benzene ring substituents is 1. The van der Waals surface area contributed by atoms with Crippen LogP contribution in [0, 0.1) is 17.0 Å². The normalized spacial score (nSPS) is 13.3. The van der Waals surface area contributed by atoms with Gasteiger partial charge in [0.2, 0.25) is 0 Å². The van der Waals surface area contributed by atoms with Gasteiger partial charge in [-0.3, -0.25) is 14.9 Å². The monoisotopic (exact) mass is 318 g/mol. The summed E-state index contributed by atoms with van der Waals surface area (Å²) < 4.78 is 5.17. The molecule has 0 aliphatic rings. The van der Waals surface area contributed by atoms with Crippen molar-refractivity contribution in [3.63, 3.8) is 0 Å². The second-order valence-electron chi connectivity index (χ2n) is 5.64. The van der Waals surface area contributed by atoms with E-state index in [1.807, 2.05) is 0 Å². The molecule has 1 amide bonds. The van der Waals surface area contributed by atoms with Crippen LogP contribution in [0.2, 0.25) is 0 Å². The Morgan fingerprint density at radius 2 is 2.13 bits per heavy atom. The number of nitrogens with one attached hydrogen (secondary N) is 1. The first kappa shape index (κ1) is 16.7. The largest absolute Gasteiger partial charge is 0.469 e. The molecule has 1 unspecified atom stereocenters. The Hall–Kier alpha value is -2.67. The summed E-state index contributed by atoms with van der Waals surface area (Å²) in [5.74, 6) is 0.140. The van der Waals surface area contributed by atoms with Gasteiger partial charge in [-0.1, -0.05) is 6.07 Å². The molecule has 0 bridgehead atoms. The highest BCUT2D eigenvalue weighted by molar-refractivity contribution is 5.96. The van der Waals surface area contributed by atoms with Gasteiger partial charge in [-0.05, 0) is 32.0 Å². The van der Waals surface area contributed by atoms with Crippen LogP contribution in [-0.2, 0) is 6.42 Å². The van der Waals surface area contributed by atoms with Crippen LogP contribution in [0.3, 0.4) is 0 Å². The van der Waals surface area contributed by atoms with Crippen LogP contribution in [0.15, 0.2) is 41.0 Å². The zero-order valence-corrected chi connectivity index (χ0v) is 12.9. The van der Waals surface area contributed by atoms with Gasteiger partial charge >= 0.3 is 0 Å². The van der Waals surface area contributed by atoms with Crippen LogP contribution in [0.1, 0.15) is 28.6 Å². The minimum atomic E-state index is -1.19. The number of carbonyl (C=O) groups is 1. The molecule has 1 aromatic heterocycles. The van der Waals surface area contributed by atoms with E-state index in [1.165, 1.54) is 31.4 Å². The molecule has 122 valence electrons. The summed E-state index contributed by atoms with van der Waals surface area (Å²) in [6.07, 6.45) is 1.75. The Balaban J connectivity index is 2.05. The van der Waals surface area contributed by atoms with Crippen LogP contribution >= 0.6 is 0 Å². The summed E-state index contributed by atoms with van der Waals surface area (Å²) in [5.41, 5.74) is -0.795. The van der Waals surface area contributed by atoms with Crippen molar-refractivity contribution < 1.29 is 19.2 Å². The molecule has 1 atom stereocenters. The average molecular weight is 318 g/mol. The first-order chi connectivity index (χ1) is 10.8. The Labute approximate surface area is 133 Å². The number of nitrogens with zero attached hydrogens (tertiary/aromatic N) is 1. The van der Waals surface area contributed by atoms with Crippen molar-refractivity contribution in [2.24, 2.45) is 0 Å². The Bertz CT molecular complexity index is 707. The van der Waals surface area contributed by atoms with Crippen molar-refractivity contribution >= 4 is 11.6 Å². The highest BCUT2D eigenvalue weighted by atomic mass is 16.6. The Kier molecular flexibility index (Phi) is 4.80. The van der Waals surface area contributed by atoms with E-state index in [0.29, 0.717) is 11.3 Å². The first-order valence-corrected chi connectivity index (χ1v) is 7.07. The molecular formula is C16H18N2O5. The lowest BCUT2D eigenvalue weighted by Gasteiger charge is -2.22. The lowest BCUT2D eigenvalue weighted by atomic mass is 10.00. The van der Waals surface area contributed by atoms with E-state index < -0.39 is 16.4 Å². The fourth-order valence-corrected chi connectivity index (χ4v) is 2.28. The van der Waals surface area contributed by atoms with Crippen molar-refractivity contribution in [3.05, 3.63) is 63.6 Å². The number of hydrogen-bond acceptors (Lipinski definition) is 5. The van der Waals surface area contributed by atoms with Crippen LogP contribution in [0.5, 0.6) is 0 Å². The number of furan rings is 1. The van der Waals surface area contributed by atoms with E-state index in [4.69, 9.17) is 4.42 Å². The van der Waals surface area contributed by atoms with Gasteiger partial charge in [-0.2, -0.15) is 0 Å². The molecule has 1 heterocycles. The third-order valence-corrected chi connectivity index (χ3v) is 3.51. The summed E-state index contributed by atoms with van der Waals surface area (Å²) in [5, 5.41) is 23.8. The number of nitro groups is 1. The maximum absolute atomic E-state index is 12.2. The predicted octanol–water partition coefficient (Wildman–Crippen LogP) is 2.22. The molecule has 0 radical (unpaired) electrons. The molecule has 7 nitrogen and oxygen atoms in total. The van der Waals surface area contributed by atoms with Crippen molar-refractivity contribution in [1.82, 2.24) is 5.32 Å². The highest BCUT2D eigenvalue weighted by Gasteiger charge is 2.25. The van der Waals surface area contributed by atoms with E-state index in [-0.39, 0.29) is 24.2 Å². The lowest BCUT2D eigenvalue weighted by molar-refractivity contribution is -0.385. The minimum absolute atomic E-state index is 0.00529. The van der Waals surface area contributed by atoms with Gasteiger partial charge in [0.15, 0.2) is 0 Å². The Morgan fingerprint density at radius 1 is 1.39 bits per heavy atom. The number of hydrogen-bond donors (Lipinski definition) is 2. The fraction of sp³-hybridized carbons (Fsp3) is 0.312. The molecule has 0 spiro atoms. The molecule has 23 heavy (non-hydrogen) atoms. The van der Waals surface area contributed by atoms with Gasteiger partial charge in [0.05, 0.1) is 16.8 Å². The van der Waals surface area contributed by atoms with E-state index in [9.17, 15) is 20.0 Å². The minimum Gasteiger partial charge on any atom is -0.469 e. The molecular weight excluding hydrogens is 300 g/mol. The molecule has 2 rings (SSSR count). The summed E-state index contributed by atoms with van der Waals surface area (Å²) >= 11 is 0. The second-order valence-corrected chi connectivity index (χ2v) is 5.64. The zero-order chi connectivity index (χ0) is 17.0. The van der Waals surface area contributed by atoms with Gasteiger partial charge in [-0.15, -0.1) is 0 Å². The SMILES string of the molecule is Cc1c(C(=O)NCC(C)(O)Cc2ccco2)cccc1[N+](=O)[O-]. The number of benzene rings is 1.